The summed E-state index contributed by atoms with van der Waals surface area (Å²) in [5, 5.41) is 14.9. The number of unbranched alkanes of at least 4 members (excludes halogenated alkanes) is 1. The zero-order chi connectivity index (χ0) is 27.5. The summed E-state index contributed by atoms with van der Waals surface area (Å²) in [6.07, 6.45) is 7.76. The van der Waals surface area contributed by atoms with Crippen LogP contribution in [0.15, 0.2) is 61.2 Å². The first-order valence-corrected chi connectivity index (χ1v) is 13.7. The summed E-state index contributed by atoms with van der Waals surface area (Å²) in [6, 6.07) is 13.3. The highest BCUT2D eigenvalue weighted by Gasteiger charge is 2.59. The van der Waals surface area contributed by atoms with Crippen molar-refractivity contribution in [2.24, 2.45) is 5.41 Å². The maximum Gasteiger partial charge on any atom is 0.150 e. The Morgan fingerprint density at radius 1 is 1.18 bits per heavy atom. The van der Waals surface area contributed by atoms with Gasteiger partial charge >= 0.3 is 0 Å². The van der Waals surface area contributed by atoms with Gasteiger partial charge in [-0.3, -0.25) is 4.79 Å². The van der Waals surface area contributed by atoms with Crippen LogP contribution in [-0.4, -0.2) is 27.4 Å². The van der Waals surface area contributed by atoms with Gasteiger partial charge in [0.15, 0.2) is 0 Å². The van der Waals surface area contributed by atoms with E-state index in [0.717, 1.165) is 13.0 Å². The van der Waals surface area contributed by atoms with Gasteiger partial charge in [-0.25, -0.2) is 9.37 Å². The average molecular weight is 556 g/mol. The van der Waals surface area contributed by atoms with Crippen molar-refractivity contribution in [3.8, 4) is 6.07 Å². The molecule has 1 aliphatic heterocycles. The number of halogens is 3. The van der Waals surface area contributed by atoms with Crippen LogP contribution in [0.2, 0.25) is 10.0 Å². The number of nitrogens with zero attached hydrogens (tertiary/aromatic N) is 3. The lowest BCUT2D eigenvalue weighted by atomic mass is 9.62. The van der Waals surface area contributed by atoms with Gasteiger partial charge in [0.2, 0.25) is 0 Å². The summed E-state index contributed by atoms with van der Waals surface area (Å²) < 4.78 is 17.6. The lowest BCUT2D eigenvalue weighted by Gasteiger charge is -2.37. The Labute approximate surface area is 234 Å². The van der Waals surface area contributed by atoms with Gasteiger partial charge in [-0.1, -0.05) is 68.2 Å². The minimum absolute atomic E-state index is 0.0313. The lowest BCUT2D eigenvalue weighted by molar-refractivity contribution is -0.121. The number of hydrogen-bond acceptors (Lipinski definition) is 4. The highest BCUT2D eigenvalue weighted by molar-refractivity contribution is 6.31. The van der Waals surface area contributed by atoms with Crippen LogP contribution in [0.1, 0.15) is 63.5 Å². The van der Waals surface area contributed by atoms with Crippen molar-refractivity contribution in [3.05, 3.63) is 88.2 Å². The summed E-state index contributed by atoms with van der Waals surface area (Å²) in [5.41, 5.74) is -0.409. The van der Waals surface area contributed by atoms with Gasteiger partial charge in [-0.15, -0.1) is 0 Å². The number of imidazole rings is 1. The highest BCUT2D eigenvalue weighted by atomic mass is 35.5. The fourth-order valence-corrected chi connectivity index (χ4v) is 6.02. The molecule has 8 heteroatoms. The number of aryl methyl sites for hydroxylation is 1. The van der Waals surface area contributed by atoms with E-state index in [1.165, 1.54) is 6.07 Å². The Morgan fingerprint density at radius 2 is 1.92 bits per heavy atom. The van der Waals surface area contributed by atoms with Crippen LogP contribution in [0.5, 0.6) is 0 Å². The SMILES string of the molecule is CC(C)(C)C[C@@H]1N[C@@H](C(=O)CCCCn2ccnc2)[C@H](c2cccc(Cl)c2F)[C@@]1(C#N)c1ccc(Cl)cc1. The molecule has 2 aromatic carbocycles. The van der Waals surface area contributed by atoms with Crippen LogP contribution in [0.3, 0.4) is 0 Å². The van der Waals surface area contributed by atoms with E-state index < -0.39 is 29.2 Å². The summed E-state index contributed by atoms with van der Waals surface area (Å²) in [7, 11) is 0. The Balaban J connectivity index is 1.77. The van der Waals surface area contributed by atoms with E-state index in [1.54, 1.807) is 36.8 Å². The normalized spacial score (nSPS) is 23.3. The molecular formula is C30H33Cl2FN4O. The van der Waals surface area contributed by atoms with Gasteiger partial charge in [-0.05, 0) is 54.0 Å². The second kappa shape index (κ2) is 11.6. The molecule has 0 unspecified atom stereocenters. The fraction of sp³-hybridized carbons (Fsp3) is 0.433. The van der Waals surface area contributed by atoms with Crippen LogP contribution in [0.4, 0.5) is 4.39 Å². The monoisotopic (exact) mass is 554 g/mol. The molecule has 0 aliphatic carbocycles. The predicted molar refractivity (Wildman–Crippen MR) is 149 cm³/mol. The third-order valence-electron chi connectivity index (χ3n) is 7.39. The van der Waals surface area contributed by atoms with Crippen molar-refractivity contribution in [1.29, 1.82) is 5.26 Å². The zero-order valence-electron chi connectivity index (χ0n) is 21.9. The van der Waals surface area contributed by atoms with E-state index in [1.807, 2.05) is 22.9 Å². The molecule has 200 valence electrons. The third kappa shape index (κ3) is 5.81. The molecule has 4 rings (SSSR count). The Hall–Kier alpha value is -2.72. The number of ketones is 1. The molecule has 0 bridgehead atoms. The summed E-state index contributed by atoms with van der Waals surface area (Å²) >= 11 is 12.4. The minimum Gasteiger partial charge on any atom is -0.337 e. The van der Waals surface area contributed by atoms with E-state index in [2.05, 4.69) is 37.1 Å². The fourth-order valence-electron chi connectivity index (χ4n) is 5.71. The summed E-state index contributed by atoms with van der Waals surface area (Å²) in [5.74, 6) is -1.41. The number of benzene rings is 2. The van der Waals surface area contributed by atoms with Crippen LogP contribution in [0, 0.1) is 22.6 Å². The number of carbonyl (C=O) groups excluding carboxylic acids is 1. The van der Waals surface area contributed by atoms with Crippen molar-refractivity contribution in [3.63, 3.8) is 0 Å². The first-order valence-electron chi connectivity index (χ1n) is 12.9. The van der Waals surface area contributed by atoms with Crippen LogP contribution < -0.4 is 5.32 Å². The molecule has 0 amide bonds. The number of hydrogen-bond donors (Lipinski definition) is 1. The highest BCUT2D eigenvalue weighted by Crippen LogP contribution is 2.52. The number of Topliss-reactive ketones (excluding diaryl/α,β-unsaturated/α-hetero) is 1. The van der Waals surface area contributed by atoms with Gasteiger partial charge in [-0.2, -0.15) is 5.26 Å². The van der Waals surface area contributed by atoms with Crippen LogP contribution >= 0.6 is 23.2 Å². The van der Waals surface area contributed by atoms with Crippen molar-refractivity contribution >= 4 is 29.0 Å². The Kier molecular flexibility index (Phi) is 8.62. The van der Waals surface area contributed by atoms with E-state index in [0.29, 0.717) is 29.8 Å². The largest absolute Gasteiger partial charge is 0.337 e. The van der Waals surface area contributed by atoms with Gasteiger partial charge in [0, 0.05) is 42.3 Å². The van der Waals surface area contributed by atoms with Crippen molar-refractivity contribution < 1.29 is 9.18 Å². The smallest absolute Gasteiger partial charge is 0.150 e. The van der Waals surface area contributed by atoms with E-state index in [-0.39, 0.29) is 21.8 Å². The molecule has 0 radical (unpaired) electrons. The molecule has 38 heavy (non-hydrogen) atoms. The van der Waals surface area contributed by atoms with Crippen molar-refractivity contribution in [2.45, 2.75) is 76.4 Å². The maximum atomic E-state index is 15.7. The summed E-state index contributed by atoms with van der Waals surface area (Å²) in [6.45, 7) is 7.05. The number of rotatable bonds is 9. The molecule has 1 saturated heterocycles. The van der Waals surface area contributed by atoms with E-state index in [9.17, 15) is 10.1 Å². The molecule has 1 N–H and O–H groups in total. The van der Waals surface area contributed by atoms with E-state index in [4.69, 9.17) is 23.2 Å². The van der Waals surface area contributed by atoms with Gasteiger partial charge in [0.25, 0.3) is 0 Å². The van der Waals surface area contributed by atoms with Crippen molar-refractivity contribution in [1.82, 2.24) is 14.9 Å². The second-order valence-corrected chi connectivity index (χ2v) is 12.1. The molecule has 1 aliphatic rings. The standard InChI is InChI=1S/C30H33Cl2FN4O/c1-29(2,3)17-25-30(18-34,20-10-12-21(31)13-11-20)26(22-7-6-8-23(32)27(22)33)28(36-25)24(38)9-4-5-15-37-16-14-35-19-37/h6-8,10-14,16,19,25-26,28,36H,4-5,9,15,17H2,1-3H3/t25-,26-,28-,30-/m0/s1. The number of carbonyl (C=O) groups is 1. The molecule has 1 fully saturated rings. The molecule has 2 heterocycles. The second-order valence-electron chi connectivity index (χ2n) is 11.3. The quantitative estimate of drug-likeness (QED) is 0.286. The maximum absolute atomic E-state index is 15.7. The predicted octanol–water partition coefficient (Wildman–Crippen LogP) is 7.09. The first kappa shape index (κ1) is 28.3. The molecule has 4 atom stereocenters. The molecular weight excluding hydrogens is 522 g/mol. The third-order valence-corrected chi connectivity index (χ3v) is 7.93. The van der Waals surface area contributed by atoms with E-state index >= 15 is 4.39 Å². The zero-order valence-corrected chi connectivity index (χ0v) is 23.4. The molecule has 1 aromatic heterocycles. The average Bonchev–Trinajstić information content (AvgIpc) is 3.49. The lowest BCUT2D eigenvalue weighted by Crippen LogP contribution is -2.44. The number of nitrogens with one attached hydrogen (secondary N) is 1. The van der Waals surface area contributed by atoms with Gasteiger partial charge in [0.05, 0.1) is 23.5 Å². The van der Waals surface area contributed by atoms with Crippen LogP contribution in [-0.2, 0) is 16.8 Å². The van der Waals surface area contributed by atoms with Gasteiger partial charge in [0.1, 0.15) is 17.0 Å². The van der Waals surface area contributed by atoms with Gasteiger partial charge < -0.3 is 9.88 Å². The summed E-state index contributed by atoms with van der Waals surface area (Å²) in [4.78, 5) is 17.9. The Bertz CT molecular complexity index is 1300. The Morgan fingerprint density at radius 3 is 2.55 bits per heavy atom. The number of aromatic nitrogens is 2. The van der Waals surface area contributed by atoms with Crippen molar-refractivity contribution in [2.75, 3.05) is 0 Å². The van der Waals surface area contributed by atoms with Crippen LogP contribution in [0.25, 0.3) is 0 Å². The molecule has 0 spiro atoms. The number of nitriles is 1. The minimum atomic E-state index is -1.22. The molecule has 5 nitrogen and oxygen atoms in total. The first-order chi connectivity index (χ1) is 18.1. The molecule has 0 saturated carbocycles. The molecule has 3 aromatic rings. The topological polar surface area (TPSA) is 70.7 Å².